The molecule has 1 saturated heterocycles. The molecular formula is C37H46N6O7. The normalized spacial score (nSPS) is 22.2. The Morgan fingerprint density at radius 3 is 2.42 bits per heavy atom. The fourth-order valence-corrected chi connectivity index (χ4v) is 6.44. The maximum absolute atomic E-state index is 14.1. The molecular weight excluding hydrogens is 640 g/mol. The van der Waals surface area contributed by atoms with Crippen molar-refractivity contribution in [3.05, 3.63) is 89.7 Å². The lowest BCUT2D eigenvalue weighted by atomic mass is 9.93. The summed E-state index contributed by atoms with van der Waals surface area (Å²) in [6, 6.07) is 17.6. The van der Waals surface area contributed by atoms with E-state index in [4.69, 9.17) is 9.47 Å². The van der Waals surface area contributed by atoms with Crippen molar-refractivity contribution in [3.63, 3.8) is 0 Å². The summed E-state index contributed by atoms with van der Waals surface area (Å²) in [5.74, 6) is -1.91. The number of nitrogens with one attached hydrogen (secondary N) is 4. The first-order valence-corrected chi connectivity index (χ1v) is 17.0. The van der Waals surface area contributed by atoms with Crippen LogP contribution in [0.2, 0.25) is 0 Å². The van der Waals surface area contributed by atoms with Gasteiger partial charge in [-0.25, -0.2) is 0 Å². The number of nitrogens with zero attached hydrogens (tertiary/aromatic N) is 2. The van der Waals surface area contributed by atoms with Gasteiger partial charge in [-0.2, -0.15) is 0 Å². The van der Waals surface area contributed by atoms with Gasteiger partial charge in [-0.15, -0.1) is 0 Å². The number of aromatic amines is 1. The number of likely N-dealkylation sites (tertiary alicyclic amines) is 1. The van der Waals surface area contributed by atoms with Crippen molar-refractivity contribution in [3.8, 4) is 5.75 Å². The standard InChI is InChI=1S/C37H46N6O7/c1-24(2)17-31-37(48)42(15-16-49-3)22-33(44)39-30(18-25-9-5-4-6-10-25)35(46)41-32-21-43(36(47)29-13-8-14-38-29)20-28(32)26-11-7-12-27(19-26)50-23-34(45)40-31/h4-14,19,24,28,30-32,38H,15-18,20-23H2,1-3H3,(H,39,44)(H,40,45)(H,41,46)/t28-,30-,31+,32+/m0/s1. The molecule has 2 aliphatic rings. The monoisotopic (exact) mass is 686 g/mol. The van der Waals surface area contributed by atoms with E-state index in [9.17, 15) is 24.0 Å². The van der Waals surface area contributed by atoms with Crippen molar-refractivity contribution in [1.82, 2.24) is 30.7 Å². The molecule has 1 fully saturated rings. The number of aromatic nitrogens is 1. The minimum absolute atomic E-state index is 0.0552. The smallest absolute Gasteiger partial charge is 0.270 e. The van der Waals surface area contributed by atoms with E-state index in [2.05, 4.69) is 20.9 Å². The molecule has 5 amide bonds. The lowest BCUT2D eigenvalue weighted by molar-refractivity contribution is -0.141. The van der Waals surface area contributed by atoms with E-state index in [-0.39, 0.29) is 57.0 Å². The molecule has 0 saturated carbocycles. The SMILES string of the molecule is COCCN1CC(=O)N[C@@H](Cc2ccccc2)C(=O)N[C@@H]2CN(C(=O)c3ccc[nH]3)C[C@H]2c2cccc(c2)OCC(=O)N[C@H](CC(C)C)C1=O. The lowest BCUT2D eigenvalue weighted by Crippen LogP contribution is -2.56. The van der Waals surface area contributed by atoms with Crippen LogP contribution in [-0.4, -0.2) is 109 Å². The molecule has 2 aromatic carbocycles. The highest BCUT2D eigenvalue weighted by atomic mass is 16.5. The number of ether oxygens (including phenoxy) is 2. The van der Waals surface area contributed by atoms with Crippen molar-refractivity contribution in [2.45, 2.75) is 50.7 Å². The van der Waals surface area contributed by atoms with Crippen LogP contribution in [0.5, 0.6) is 5.75 Å². The van der Waals surface area contributed by atoms with E-state index < -0.39 is 41.8 Å². The third-order valence-electron chi connectivity index (χ3n) is 8.91. The van der Waals surface area contributed by atoms with Gasteiger partial charge in [0.1, 0.15) is 23.5 Å². The van der Waals surface area contributed by atoms with Gasteiger partial charge in [-0.3, -0.25) is 24.0 Å². The number of hydrogen-bond donors (Lipinski definition) is 4. The Labute approximate surface area is 292 Å². The molecule has 5 rings (SSSR count). The summed E-state index contributed by atoms with van der Waals surface area (Å²) in [4.78, 5) is 74.3. The number of carbonyl (C=O) groups excluding carboxylic acids is 5. The molecule has 3 heterocycles. The number of carbonyl (C=O) groups is 5. The molecule has 13 nitrogen and oxygen atoms in total. The number of benzene rings is 2. The maximum atomic E-state index is 14.1. The van der Waals surface area contributed by atoms with E-state index in [0.29, 0.717) is 24.4 Å². The van der Waals surface area contributed by atoms with Gasteiger partial charge in [0.25, 0.3) is 11.8 Å². The van der Waals surface area contributed by atoms with Crippen LogP contribution in [0, 0.1) is 5.92 Å². The number of rotatable bonds is 8. The van der Waals surface area contributed by atoms with Crippen molar-refractivity contribution in [1.29, 1.82) is 0 Å². The third kappa shape index (κ3) is 9.50. The van der Waals surface area contributed by atoms with Crippen molar-refractivity contribution >= 4 is 29.5 Å². The summed E-state index contributed by atoms with van der Waals surface area (Å²) in [7, 11) is 1.50. The average molecular weight is 687 g/mol. The average Bonchev–Trinajstić information content (AvgIpc) is 3.79. The van der Waals surface area contributed by atoms with E-state index in [1.165, 1.54) is 12.0 Å². The predicted octanol–water partition coefficient (Wildman–Crippen LogP) is 1.86. The summed E-state index contributed by atoms with van der Waals surface area (Å²) < 4.78 is 11.1. The van der Waals surface area contributed by atoms with Crippen molar-refractivity contribution in [2.24, 2.45) is 5.92 Å². The molecule has 0 aliphatic carbocycles. The zero-order valence-electron chi connectivity index (χ0n) is 28.7. The minimum Gasteiger partial charge on any atom is -0.484 e. The Morgan fingerprint density at radius 2 is 1.70 bits per heavy atom. The molecule has 50 heavy (non-hydrogen) atoms. The van der Waals surface area contributed by atoms with Gasteiger partial charge >= 0.3 is 0 Å². The number of amides is 5. The van der Waals surface area contributed by atoms with Crippen LogP contribution >= 0.6 is 0 Å². The van der Waals surface area contributed by atoms with Gasteiger partial charge in [0.05, 0.1) is 19.2 Å². The van der Waals surface area contributed by atoms with Gasteiger partial charge in [-0.1, -0.05) is 56.3 Å². The fourth-order valence-electron chi connectivity index (χ4n) is 6.44. The van der Waals surface area contributed by atoms with Gasteiger partial charge in [0.15, 0.2) is 6.61 Å². The Morgan fingerprint density at radius 1 is 0.920 bits per heavy atom. The molecule has 0 unspecified atom stereocenters. The van der Waals surface area contributed by atoms with Gasteiger partial charge in [-0.05, 0) is 47.7 Å². The second-order valence-corrected chi connectivity index (χ2v) is 13.2. The molecule has 0 spiro atoms. The largest absolute Gasteiger partial charge is 0.484 e. The van der Waals surface area contributed by atoms with Crippen LogP contribution in [0.4, 0.5) is 0 Å². The third-order valence-corrected chi connectivity index (χ3v) is 8.91. The molecule has 266 valence electrons. The zero-order chi connectivity index (χ0) is 35.6. The van der Waals surface area contributed by atoms with Crippen molar-refractivity contribution in [2.75, 3.05) is 46.5 Å². The Kier molecular flexibility index (Phi) is 12.3. The molecule has 2 aliphatic heterocycles. The quantitative estimate of drug-likeness (QED) is 0.281. The summed E-state index contributed by atoms with van der Waals surface area (Å²) in [6.07, 6.45) is 2.22. The second kappa shape index (κ2) is 17.0. The lowest BCUT2D eigenvalue weighted by Gasteiger charge is -2.29. The van der Waals surface area contributed by atoms with Crippen LogP contribution in [-0.2, 0) is 30.3 Å². The molecule has 1 aromatic heterocycles. The Bertz CT molecular complexity index is 1630. The van der Waals surface area contributed by atoms with Crippen molar-refractivity contribution < 1.29 is 33.4 Å². The fraction of sp³-hybridized carbons (Fsp3) is 0.432. The first-order chi connectivity index (χ1) is 24.1. The highest BCUT2D eigenvalue weighted by Crippen LogP contribution is 2.31. The highest BCUT2D eigenvalue weighted by Gasteiger charge is 2.39. The first-order valence-electron chi connectivity index (χ1n) is 17.0. The van der Waals surface area contributed by atoms with Crippen LogP contribution < -0.4 is 20.7 Å². The molecule has 13 heteroatoms. The van der Waals surface area contributed by atoms with E-state index >= 15 is 0 Å². The van der Waals surface area contributed by atoms with Crippen LogP contribution in [0.3, 0.4) is 0 Å². The number of H-pyrrole nitrogens is 1. The Balaban J connectivity index is 1.50. The van der Waals surface area contributed by atoms with Crippen LogP contribution in [0.15, 0.2) is 72.9 Å². The second-order valence-electron chi connectivity index (χ2n) is 13.2. The highest BCUT2D eigenvalue weighted by molar-refractivity contribution is 5.94. The van der Waals surface area contributed by atoms with Gasteiger partial charge in [0.2, 0.25) is 17.7 Å². The molecule has 3 aromatic rings. The topological polar surface area (TPSA) is 162 Å². The minimum atomic E-state index is -0.988. The number of methoxy groups -OCH3 is 1. The summed E-state index contributed by atoms with van der Waals surface area (Å²) >= 11 is 0. The molecule has 2 bridgehead atoms. The summed E-state index contributed by atoms with van der Waals surface area (Å²) in [6.45, 7) is 3.99. The van der Waals surface area contributed by atoms with E-state index in [0.717, 1.165) is 11.1 Å². The first kappa shape index (κ1) is 36.1. The van der Waals surface area contributed by atoms with Gasteiger partial charge in [0, 0.05) is 45.3 Å². The molecule has 4 atom stereocenters. The van der Waals surface area contributed by atoms with Crippen LogP contribution in [0.1, 0.15) is 47.8 Å². The number of fused-ring (bicyclic) bond motifs is 4. The Hall–Kier alpha value is -5.17. The number of hydrogen-bond acceptors (Lipinski definition) is 7. The summed E-state index contributed by atoms with van der Waals surface area (Å²) in [5.41, 5.74) is 2.07. The molecule has 0 radical (unpaired) electrons. The van der Waals surface area contributed by atoms with E-state index in [1.807, 2.05) is 50.2 Å². The zero-order valence-corrected chi connectivity index (χ0v) is 28.7. The predicted molar refractivity (Wildman–Crippen MR) is 185 cm³/mol. The summed E-state index contributed by atoms with van der Waals surface area (Å²) in [5, 5.41) is 8.82. The van der Waals surface area contributed by atoms with E-state index in [1.54, 1.807) is 41.4 Å². The molecule has 4 N–H and O–H groups in total. The van der Waals surface area contributed by atoms with Crippen LogP contribution in [0.25, 0.3) is 0 Å². The maximum Gasteiger partial charge on any atom is 0.270 e. The van der Waals surface area contributed by atoms with Gasteiger partial charge < -0.3 is 40.2 Å².